The number of hydrogen-bond donors (Lipinski definition) is 1. The topological polar surface area (TPSA) is 58.6 Å². The van der Waals surface area contributed by atoms with Gasteiger partial charge in [0.1, 0.15) is 11.6 Å². The van der Waals surface area contributed by atoms with Gasteiger partial charge in [-0.15, -0.1) is 0 Å². The number of anilines is 2. The summed E-state index contributed by atoms with van der Waals surface area (Å²) >= 11 is 5.73. The minimum Gasteiger partial charge on any atom is -0.492 e. The summed E-state index contributed by atoms with van der Waals surface area (Å²) in [5.41, 5.74) is 1.04. The summed E-state index contributed by atoms with van der Waals surface area (Å²) in [6.45, 7) is 2.60. The molecule has 1 saturated heterocycles. The van der Waals surface area contributed by atoms with Crippen molar-refractivity contribution in [2.24, 2.45) is 5.92 Å². The number of halogens is 2. The molecule has 0 bridgehead atoms. The summed E-state index contributed by atoms with van der Waals surface area (Å²) in [6.07, 6.45) is 0.0984. The summed E-state index contributed by atoms with van der Waals surface area (Å²) in [5, 5.41) is 2.61. The quantitative estimate of drug-likeness (QED) is 0.861. The lowest BCUT2D eigenvalue weighted by atomic mass is 10.1. The third kappa shape index (κ3) is 3.80. The van der Waals surface area contributed by atoms with E-state index in [4.69, 9.17) is 16.3 Å². The number of carbonyl (C=O) groups is 2. The third-order valence-electron chi connectivity index (χ3n) is 4.14. The van der Waals surface area contributed by atoms with Gasteiger partial charge in [0.2, 0.25) is 11.8 Å². The number of nitrogens with one attached hydrogen (secondary N) is 1. The molecule has 1 atom stereocenters. The zero-order chi connectivity index (χ0) is 18.7. The second kappa shape index (κ2) is 7.74. The number of nitrogens with zero attached hydrogens (tertiary/aromatic N) is 1. The van der Waals surface area contributed by atoms with Gasteiger partial charge in [0, 0.05) is 18.7 Å². The Hall–Kier alpha value is -2.60. The van der Waals surface area contributed by atoms with E-state index in [1.165, 1.54) is 18.2 Å². The molecule has 0 unspecified atom stereocenters. The van der Waals surface area contributed by atoms with Crippen molar-refractivity contribution in [3.8, 4) is 5.75 Å². The molecule has 0 aliphatic carbocycles. The molecule has 0 spiro atoms. The molecule has 0 saturated carbocycles. The van der Waals surface area contributed by atoms with Crippen molar-refractivity contribution in [1.29, 1.82) is 0 Å². The molecule has 136 valence electrons. The maximum atomic E-state index is 13.2. The van der Waals surface area contributed by atoms with Crippen LogP contribution in [-0.2, 0) is 9.59 Å². The Morgan fingerprint density at radius 1 is 1.35 bits per heavy atom. The van der Waals surface area contributed by atoms with E-state index in [2.05, 4.69) is 5.32 Å². The van der Waals surface area contributed by atoms with E-state index in [9.17, 15) is 14.0 Å². The largest absolute Gasteiger partial charge is 0.492 e. The Bertz CT molecular complexity index is 843. The Morgan fingerprint density at radius 2 is 2.12 bits per heavy atom. The van der Waals surface area contributed by atoms with Gasteiger partial charge in [-0.3, -0.25) is 9.59 Å². The van der Waals surface area contributed by atoms with Crippen molar-refractivity contribution in [2.45, 2.75) is 13.3 Å². The van der Waals surface area contributed by atoms with Crippen molar-refractivity contribution in [2.75, 3.05) is 23.4 Å². The molecule has 7 heteroatoms. The molecule has 26 heavy (non-hydrogen) atoms. The van der Waals surface area contributed by atoms with E-state index in [0.717, 1.165) is 0 Å². The average Bonchev–Trinajstić information content (AvgIpc) is 3.01. The summed E-state index contributed by atoms with van der Waals surface area (Å²) < 4.78 is 18.8. The molecule has 1 N–H and O–H groups in total. The van der Waals surface area contributed by atoms with Gasteiger partial charge in [0.15, 0.2) is 0 Å². The highest BCUT2D eigenvalue weighted by Gasteiger charge is 2.36. The van der Waals surface area contributed by atoms with Gasteiger partial charge >= 0.3 is 0 Å². The normalized spacial score (nSPS) is 16.7. The van der Waals surface area contributed by atoms with Crippen molar-refractivity contribution in [3.05, 3.63) is 53.3 Å². The van der Waals surface area contributed by atoms with E-state index in [0.29, 0.717) is 23.7 Å². The van der Waals surface area contributed by atoms with Crippen molar-refractivity contribution < 1.29 is 18.7 Å². The van der Waals surface area contributed by atoms with Crippen LogP contribution in [0.15, 0.2) is 42.5 Å². The van der Waals surface area contributed by atoms with Crippen LogP contribution in [0.4, 0.5) is 15.8 Å². The second-order valence-electron chi connectivity index (χ2n) is 5.92. The van der Waals surface area contributed by atoms with Crippen LogP contribution in [0.25, 0.3) is 0 Å². The van der Waals surface area contributed by atoms with Crippen LogP contribution >= 0.6 is 11.6 Å². The van der Waals surface area contributed by atoms with E-state index in [1.54, 1.807) is 17.0 Å². The monoisotopic (exact) mass is 376 g/mol. The first-order valence-electron chi connectivity index (χ1n) is 8.27. The predicted octanol–water partition coefficient (Wildman–Crippen LogP) is 3.87. The lowest BCUT2D eigenvalue weighted by molar-refractivity contribution is -0.122. The standard InChI is InChI=1S/C19H18ClFN2O3/c1-2-26-17-6-4-3-5-16(17)23-11-12(9-18(23)24)19(25)22-13-7-8-15(21)14(20)10-13/h3-8,10,12H,2,9,11H2,1H3,(H,22,25)/t12-/m1/s1. The molecule has 2 aromatic rings. The maximum Gasteiger partial charge on any atom is 0.229 e. The molecule has 5 nitrogen and oxygen atoms in total. The Kier molecular flexibility index (Phi) is 5.42. The van der Waals surface area contributed by atoms with Gasteiger partial charge in [-0.25, -0.2) is 4.39 Å². The average molecular weight is 377 g/mol. The highest BCUT2D eigenvalue weighted by atomic mass is 35.5. The highest BCUT2D eigenvalue weighted by molar-refractivity contribution is 6.31. The number of amides is 2. The van der Waals surface area contributed by atoms with Crippen molar-refractivity contribution >= 4 is 34.8 Å². The van der Waals surface area contributed by atoms with Gasteiger partial charge < -0.3 is 15.0 Å². The van der Waals surface area contributed by atoms with E-state index < -0.39 is 11.7 Å². The van der Waals surface area contributed by atoms with Crippen LogP contribution in [-0.4, -0.2) is 25.0 Å². The lowest BCUT2D eigenvalue weighted by Gasteiger charge is -2.20. The SMILES string of the molecule is CCOc1ccccc1N1C[C@H](C(=O)Nc2ccc(F)c(Cl)c2)CC1=O. The number of hydrogen-bond acceptors (Lipinski definition) is 3. The fourth-order valence-electron chi connectivity index (χ4n) is 2.89. The van der Waals surface area contributed by atoms with E-state index >= 15 is 0 Å². The molecule has 2 amide bonds. The van der Waals surface area contributed by atoms with Crippen LogP contribution < -0.4 is 15.0 Å². The fourth-order valence-corrected chi connectivity index (χ4v) is 3.07. The zero-order valence-electron chi connectivity index (χ0n) is 14.2. The number of para-hydroxylation sites is 2. The molecule has 1 aliphatic heterocycles. The maximum absolute atomic E-state index is 13.2. The first kappa shape index (κ1) is 18.2. The smallest absolute Gasteiger partial charge is 0.229 e. The van der Waals surface area contributed by atoms with Gasteiger partial charge in [0.05, 0.1) is 23.2 Å². The molecule has 1 fully saturated rings. The summed E-state index contributed by atoms with van der Waals surface area (Å²) in [6, 6.07) is 11.2. The molecule has 0 radical (unpaired) electrons. The van der Waals surface area contributed by atoms with Crippen LogP contribution in [0.3, 0.4) is 0 Å². The highest BCUT2D eigenvalue weighted by Crippen LogP contribution is 2.33. The van der Waals surface area contributed by atoms with Crippen molar-refractivity contribution in [1.82, 2.24) is 0 Å². The molecular weight excluding hydrogens is 359 g/mol. The first-order chi connectivity index (χ1) is 12.5. The molecule has 3 rings (SSSR count). The van der Waals surface area contributed by atoms with E-state index in [-0.39, 0.29) is 29.8 Å². The van der Waals surface area contributed by atoms with E-state index in [1.807, 2.05) is 19.1 Å². The third-order valence-corrected chi connectivity index (χ3v) is 4.43. The minimum absolute atomic E-state index is 0.0717. The number of ether oxygens (including phenoxy) is 1. The van der Waals surface area contributed by atoms with Gasteiger partial charge in [-0.2, -0.15) is 0 Å². The van der Waals surface area contributed by atoms with Gasteiger partial charge in [-0.1, -0.05) is 23.7 Å². The second-order valence-corrected chi connectivity index (χ2v) is 6.33. The summed E-state index contributed by atoms with van der Waals surface area (Å²) in [7, 11) is 0. The van der Waals surface area contributed by atoms with Gasteiger partial charge in [-0.05, 0) is 37.3 Å². The lowest BCUT2D eigenvalue weighted by Crippen LogP contribution is -2.28. The zero-order valence-corrected chi connectivity index (χ0v) is 14.9. The summed E-state index contributed by atoms with van der Waals surface area (Å²) in [4.78, 5) is 26.5. The minimum atomic E-state index is -0.556. The number of benzene rings is 2. The predicted molar refractivity (Wildman–Crippen MR) is 98.1 cm³/mol. The van der Waals surface area contributed by atoms with Crippen LogP contribution in [0.1, 0.15) is 13.3 Å². The van der Waals surface area contributed by atoms with Gasteiger partial charge in [0.25, 0.3) is 0 Å². The Morgan fingerprint density at radius 3 is 2.85 bits per heavy atom. The fraction of sp³-hybridized carbons (Fsp3) is 0.263. The van der Waals surface area contributed by atoms with Crippen LogP contribution in [0, 0.1) is 11.7 Å². The molecule has 1 aliphatic rings. The molecule has 2 aromatic carbocycles. The molecule has 1 heterocycles. The number of carbonyl (C=O) groups excluding carboxylic acids is 2. The first-order valence-corrected chi connectivity index (χ1v) is 8.65. The van der Waals surface area contributed by atoms with Crippen LogP contribution in [0.5, 0.6) is 5.75 Å². The summed E-state index contributed by atoms with van der Waals surface area (Å²) in [5.74, 6) is -0.915. The molecule has 0 aromatic heterocycles. The number of rotatable bonds is 5. The Balaban J connectivity index is 1.73. The Labute approximate surface area is 155 Å². The van der Waals surface area contributed by atoms with Crippen molar-refractivity contribution in [3.63, 3.8) is 0 Å². The molecular formula is C19H18ClFN2O3. The van der Waals surface area contributed by atoms with Crippen LogP contribution in [0.2, 0.25) is 5.02 Å².